The van der Waals surface area contributed by atoms with Crippen LogP contribution in [-0.2, 0) is 12.8 Å². The molecular formula is C18H18Cl2N2O3S. The first-order valence-electron chi connectivity index (χ1n) is 8.21. The Balaban J connectivity index is 1.94. The van der Waals surface area contributed by atoms with Crippen molar-refractivity contribution in [3.8, 4) is 5.75 Å². The summed E-state index contributed by atoms with van der Waals surface area (Å²) in [5.41, 5.74) is 7.27. The number of benzene rings is 1. The number of amides is 2. The summed E-state index contributed by atoms with van der Waals surface area (Å²) in [6.07, 6.45) is 4.92. The molecule has 0 fully saturated rings. The third kappa shape index (κ3) is 3.68. The zero-order valence-electron chi connectivity index (χ0n) is 14.2. The number of carbonyl (C=O) groups is 2. The van der Waals surface area contributed by atoms with E-state index < -0.39 is 11.8 Å². The average molecular weight is 413 g/mol. The summed E-state index contributed by atoms with van der Waals surface area (Å²) in [5, 5.41) is 3.76. The van der Waals surface area contributed by atoms with E-state index in [0.717, 1.165) is 42.5 Å². The zero-order chi connectivity index (χ0) is 18.8. The van der Waals surface area contributed by atoms with Gasteiger partial charge in [0.25, 0.3) is 11.8 Å². The number of nitrogens with two attached hydrogens (primary N) is 1. The van der Waals surface area contributed by atoms with Gasteiger partial charge in [0.05, 0.1) is 22.7 Å². The van der Waals surface area contributed by atoms with E-state index >= 15 is 0 Å². The molecule has 2 aromatic rings. The minimum atomic E-state index is -0.523. The van der Waals surface area contributed by atoms with Crippen molar-refractivity contribution in [1.29, 1.82) is 0 Å². The summed E-state index contributed by atoms with van der Waals surface area (Å²) in [5.74, 6) is -0.619. The van der Waals surface area contributed by atoms with Gasteiger partial charge in [0.1, 0.15) is 5.00 Å². The Morgan fingerprint density at radius 2 is 1.81 bits per heavy atom. The number of rotatable bonds is 4. The van der Waals surface area contributed by atoms with Crippen molar-refractivity contribution in [3.05, 3.63) is 43.7 Å². The Hall–Kier alpha value is -1.76. The first kappa shape index (κ1) is 19.0. The van der Waals surface area contributed by atoms with Crippen molar-refractivity contribution in [2.45, 2.75) is 32.1 Å². The minimum Gasteiger partial charge on any atom is -0.494 e. The van der Waals surface area contributed by atoms with Crippen molar-refractivity contribution >= 4 is 51.4 Å². The Kier molecular flexibility index (Phi) is 5.75. The molecule has 0 saturated carbocycles. The smallest absolute Gasteiger partial charge is 0.256 e. The van der Waals surface area contributed by atoms with Crippen LogP contribution in [0.15, 0.2) is 12.1 Å². The van der Waals surface area contributed by atoms with Gasteiger partial charge in [-0.15, -0.1) is 11.3 Å². The molecule has 138 valence electrons. The van der Waals surface area contributed by atoms with Gasteiger partial charge in [-0.05, 0) is 43.4 Å². The zero-order valence-corrected chi connectivity index (χ0v) is 16.5. The monoisotopic (exact) mass is 412 g/mol. The third-order valence-electron chi connectivity index (χ3n) is 4.36. The lowest BCUT2D eigenvalue weighted by Crippen LogP contribution is -2.18. The quantitative estimate of drug-likeness (QED) is 0.714. The summed E-state index contributed by atoms with van der Waals surface area (Å²) >= 11 is 13.6. The maximum absolute atomic E-state index is 12.7. The second-order valence-corrected chi connectivity index (χ2v) is 7.98. The van der Waals surface area contributed by atoms with E-state index in [0.29, 0.717) is 16.3 Å². The van der Waals surface area contributed by atoms with Crippen LogP contribution in [0.2, 0.25) is 10.0 Å². The molecule has 1 aliphatic carbocycles. The highest BCUT2D eigenvalue weighted by molar-refractivity contribution is 7.17. The van der Waals surface area contributed by atoms with Crippen LogP contribution in [0.25, 0.3) is 0 Å². The molecule has 8 heteroatoms. The maximum atomic E-state index is 12.7. The van der Waals surface area contributed by atoms with Gasteiger partial charge < -0.3 is 15.8 Å². The Morgan fingerprint density at radius 1 is 1.15 bits per heavy atom. The molecule has 1 aromatic carbocycles. The molecule has 0 aliphatic heterocycles. The number of ether oxygens (including phenoxy) is 1. The second-order valence-electron chi connectivity index (χ2n) is 6.06. The van der Waals surface area contributed by atoms with Gasteiger partial charge in [0.15, 0.2) is 5.75 Å². The first-order valence-corrected chi connectivity index (χ1v) is 9.78. The number of nitrogens with one attached hydrogen (secondary N) is 1. The number of fused-ring (bicyclic) bond motifs is 1. The standard InChI is InChI=1S/C18H18Cl2N2O3S/c1-25-15-11(19)7-9(8-12(15)20)17(24)22-18-14(16(21)23)10-5-3-2-4-6-13(10)26-18/h7-8H,2-6H2,1H3,(H2,21,23)(H,22,24). The number of methoxy groups -OCH3 is 1. The van der Waals surface area contributed by atoms with E-state index in [2.05, 4.69) is 5.32 Å². The molecule has 3 rings (SSSR count). The SMILES string of the molecule is COc1c(Cl)cc(C(=O)Nc2sc3c(c2C(N)=O)CCCCC3)cc1Cl. The topological polar surface area (TPSA) is 81.4 Å². The van der Waals surface area contributed by atoms with Gasteiger partial charge in [0.2, 0.25) is 0 Å². The van der Waals surface area contributed by atoms with E-state index in [1.807, 2.05) is 0 Å². The molecule has 2 amide bonds. The number of halogens is 2. The number of carbonyl (C=O) groups excluding carboxylic acids is 2. The summed E-state index contributed by atoms with van der Waals surface area (Å²) < 4.78 is 5.09. The molecule has 0 spiro atoms. The minimum absolute atomic E-state index is 0.238. The fraction of sp³-hybridized carbons (Fsp3) is 0.333. The predicted octanol–water partition coefficient (Wildman–Crippen LogP) is 4.68. The molecule has 0 bridgehead atoms. The fourth-order valence-electron chi connectivity index (χ4n) is 3.15. The highest BCUT2D eigenvalue weighted by atomic mass is 35.5. The van der Waals surface area contributed by atoms with E-state index in [9.17, 15) is 9.59 Å². The normalized spacial score (nSPS) is 13.7. The van der Waals surface area contributed by atoms with Crippen molar-refractivity contribution < 1.29 is 14.3 Å². The number of primary amides is 1. The van der Waals surface area contributed by atoms with Gasteiger partial charge in [-0.1, -0.05) is 29.6 Å². The lowest BCUT2D eigenvalue weighted by atomic mass is 10.1. The molecule has 5 nitrogen and oxygen atoms in total. The van der Waals surface area contributed by atoms with Crippen molar-refractivity contribution in [2.24, 2.45) is 5.73 Å². The van der Waals surface area contributed by atoms with Gasteiger partial charge >= 0.3 is 0 Å². The predicted molar refractivity (Wildman–Crippen MR) is 105 cm³/mol. The van der Waals surface area contributed by atoms with Crippen molar-refractivity contribution in [3.63, 3.8) is 0 Å². The molecule has 26 heavy (non-hydrogen) atoms. The second kappa shape index (κ2) is 7.86. The van der Waals surface area contributed by atoms with Gasteiger partial charge in [-0.3, -0.25) is 9.59 Å². The van der Waals surface area contributed by atoms with E-state index in [1.54, 1.807) is 0 Å². The van der Waals surface area contributed by atoms with Crippen molar-refractivity contribution in [1.82, 2.24) is 0 Å². The Morgan fingerprint density at radius 3 is 2.42 bits per heavy atom. The van der Waals surface area contributed by atoms with Crippen molar-refractivity contribution in [2.75, 3.05) is 12.4 Å². The number of hydrogen-bond donors (Lipinski definition) is 2. The highest BCUT2D eigenvalue weighted by Gasteiger charge is 2.25. The van der Waals surface area contributed by atoms with Crippen LogP contribution >= 0.6 is 34.5 Å². The van der Waals surface area contributed by atoms with Crippen LogP contribution in [-0.4, -0.2) is 18.9 Å². The summed E-state index contributed by atoms with van der Waals surface area (Å²) in [7, 11) is 1.45. The van der Waals surface area contributed by atoms with E-state index in [-0.39, 0.29) is 15.6 Å². The lowest BCUT2D eigenvalue weighted by molar-refractivity contribution is 0.100. The van der Waals surface area contributed by atoms with Crippen LogP contribution < -0.4 is 15.8 Å². The highest BCUT2D eigenvalue weighted by Crippen LogP contribution is 2.38. The van der Waals surface area contributed by atoms with E-state index in [1.165, 1.54) is 30.6 Å². The lowest BCUT2D eigenvalue weighted by Gasteiger charge is -2.10. The Labute approximate surface area is 165 Å². The van der Waals surface area contributed by atoms with Crippen LogP contribution in [0.3, 0.4) is 0 Å². The number of anilines is 1. The molecule has 0 atom stereocenters. The number of aryl methyl sites for hydroxylation is 1. The molecule has 3 N–H and O–H groups in total. The number of hydrogen-bond acceptors (Lipinski definition) is 4. The first-order chi connectivity index (χ1) is 12.4. The molecule has 0 saturated heterocycles. The molecule has 0 radical (unpaired) electrons. The molecular weight excluding hydrogens is 395 g/mol. The molecule has 1 heterocycles. The summed E-state index contributed by atoms with van der Waals surface area (Å²) in [6.45, 7) is 0. The maximum Gasteiger partial charge on any atom is 0.256 e. The number of thiophene rings is 1. The fourth-order valence-corrected chi connectivity index (χ4v) is 5.08. The van der Waals surface area contributed by atoms with Crippen LogP contribution in [0.5, 0.6) is 5.75 Å². The average Bonchev–Trinajstić information content (AvgIpc) is 2.75. The van der Waals surface area contributed by atoms with Crippen LogP contribution in [0, 0.1) is 0 Å². The van der Waals surface area contributed by atoms with Crippen LogP contribution in [0.4, 0.5) is 5.00 Å². The summed E-state index contributed by atoms with van der Waals surface area (Å²) in [6, 6.07) is 2.95. The van der Waals surface area contributed by atoms with E-state index in [4.69, 9.17) is 33.7 Å². The molecule has 1 aromatic heterocycles. The third-order valence-corrected chi connectivity index (χ3v) is 6.13. The molecule has 0 unspecified atom stereocenters. The van der Waals surface area contributed by atoms with Crippen LogP contribution in [0.1, 0.15) is 50.4 Å². The van der Waals surface area contributed by atoms with Gasteiger partial charge in [0, 0.05) is 10.4 Å². The largest absolute Gasteiger partial charge is 0.494 e. The van der Waals surface area contributed by atoms with Gasteiger partial charge in [-0.2, -0.15) is 0 Å². The molecule has 1 aliphatic rings. The Bertz CT molecular complexity index is 857. The summed E-state index contributed by atoms with van der Waals surface area (Å²) in [4.78, 5) is 25.8. The van der Waals surface area contributed by atoms with Gasteiger partial charge in [-0.25, -0.2) is 0 Å².